The fraction of sp³-hybridized carbons (Fsp3) is 0.409. The number of rotatable bonds is 5. The summed E-state index contributed by atoms with van der Waals surface area (Å²) in [5.74, 6) is 0. The van der Waals surface area contributed by atoms with E-state index < -0.39 is 0 Å². The highest BCUT2D eigenvalue weighted by Crippen LogP contribution is 2.50. The molecule has 0 spiro atoms. The van der Waals surface area contributed by atoms with Crippen molar-refractivity contribution in [2.45, 2.75) is 52.1 Å². The van der Waals surface area contributed by atoms with Gasteiger partial charge in [0, 0.05) is 11.1 Å². The lowest BCUT2D eigenvalue weighted by Gasteiger charge is -2.50. The summed E-state index contributed by atoms with van der Waals surface area (Å²) in [6.07, 6.45) is 8.30. The van der Waals surface area contributed by atoms with Crippen molar-refractivity contribution in [3.8, 4) is 0 Å². The Morgan fingerprint density at radius 3 is 2.36 bits per heavy atom. The van der Waals surface area contributed by atoms with Gasteiger partial charge < -0.3 is 4.90 Å². The first-order chi connectivity index (χ1) is 12.3. The third-order valence-electron chi connectivity index (χ3n) is 5.67. The van der Waals surface area contributed by atoms with Crippen molar-refractivity contribution in [3.63, 3.8) is 0 Å². The zero-order chi connectivity index (χ0) is 17.3. The molecule has 0 radical (unpaired) electrons. The maximum absolute atomic E-state index is 4.84. The van der Waals surface area contributed by atoms with Gasteiger partial charge in [0.25, 0.3) is 0 Å². The summed E-state index contributed by atoms with van der Waals surface area (Å²) in [6, 6.07) is 19.5. The molecule has 2 heterocycles. The standard InChI is InChI=1S/C22H27N3/c1-3-14-22(15-4-2)16-18-10-8-9-13-20(18)24-17-23-25(21(22)24)19-11-6-5-7-12-19/h5-13,17,21H,3-4,14-16H2,1-2H3. The van der Waals surface area contributed by atoms with E-state index in [9.17, 15) is 0 Å². The second-order valence-electron chi connectivity index (χ2n) is 7.36. The number of fused-ring (bicyclic) bond motifs is 3. The second-order valence-corrected chi connectivity index (χ2v) is 7.36. The van der Waals surface area contributed by atoms with Crippen molar-refractivity contribution in [2.24, 2.45) is 10.5 Å². The highest BCUT2D eigenvalue weighted by Gasteiger charge is 2.50. The van der Waals surface area contributed by atoms with Crippen molar-refractivity contribution in [2.75, 3.05) is 9.91 Å². The first kappa shape index (κ1) is 16.2. The Hall–Kier alpha value is -2.29. The summed E-state index contributed by atoms with van der Waals surface area (Å²) >= 11 is 0. The molecular weight excluding hydrogens is 306 g/mol. The number of para-hydroxylation sites is 2. The zero-order valence-corrected chi connectivity index (χ0v) is 15.2. The SMILES string of the molecule is CCCC1(CCC)Cc2ccccc2N2C=NN(c3ccccc3)C21. The van der Waals surface area contributed by atoms with Crippen molar-refractivity contribution < 1.29 is 0 Å². The van der Waals surface area contributed by atoms with Crippen LogP contribution in [0, 0.1) is 5.41 Å². The molecule has 2 aromatic rings. The summed E-state index contributed by atoms with van der Waals surface area (Å²) in [6.45, 7) is 4.62. The molecule has 0 saturated heterocycles. The summed E-state index contributed by atoms with van der Waals surface area (Å²) in [5.41, 5.74) is 4.19. The van der Waals surface area contributed by atoms with E-state index in [4.69, 9.17) is 5.10 Å². The molecule has 4 rings (SSSR count). The zero-order valence-electron chi connectivity index (χ0n) is 15.2. The largest absolute Gasteiger partial charge is 0.307 e. The molecule has 0 fully saturated rings. The van der Waals surface area contributed by atoms with Crippen LogP contribution in [-0.4, -0.2) is 12.5 Å². The van der Waals surface area contributed by atoms with E-state index in [1.165, 1.54) is 42.6 Å². The van der Waals surface area contributed by atoms with Gasteiger partial charge in [-0.2, -0.15) is 5.10 Å². The number of hydrogen-bond donors (Lipinski definition) is 0. The van der Waals surface area contributed by atoms with Gasteiger partial charge in [-0.15, -0.1) is 0 Å². The Morgan fingerprint density at radius 2 is 1.64 bits per heavy atom. The molecule has 0 aliphatic carbocycles. The Kier molecular flexibility index (Phi) is 4.24. The maximum Gasteiger partial charge on any atom is 0.134 e. The fourth-order valence-corrected chi connectivity index (χ4v) is 4.83. The van der Waals surface area contributed by atoms with Crippen LogP contribution < -0.4 is 9.91 Å². The molecule has 2 aliphatic rings. The topological polar surface area (TPSA) is 18.8 Å². The van der Waals surface area contributed by atoms with E-state index in [0.29, 0.717) is 0 Å². The van der Waals surface area contributed by atoms with E-state index in [-0.39, 0.29) is 11.6 Å². The summed E-state index contributed by atoms with van der Waals surface area (Å²) in [7, 11) is 0. The normalized spacial score (nSPS) is 20.5. The highest BCUT2D eigenvalue weighted by atomic mass is 15.6. The second kappa shape index (κ2) is 6.55. The van der Waals surface area contributed by atoms with E-state index in [1.807, 2.05) is 6.34 Å². The number of anilines is 2. The van der Waals surface area contributed by atoms with Crippen molar-refractivity contribution in [1.29, 1.82) is 0 Å². The van der Waals surface area contributed by atoms with Crippen LogP contribution in [0.1, 0.15) is 45.1 Å². The molecule has 130 valence electrons. The summed E-state index contributed by atoms with van der Waals surface area (Å²) in [5, 5.41) is 7.09. The quantitative estimate of drug-likeness (QED) is 0.727. The molecule has 25 heavy (non-hydrogen) atoms. The molecular formula is C22H27N3. The van der Waals surface area contributed by atoms with Crippen LogP contribution in [-0.2, 0) is 6.42 Å². The first-order valence-corrected chi connectivity index (χ1v) is 9.54. The van der Waals surface area contributed by atoms with Crippen LogP contribution in [0.15, 0.2) is 59.7 Å². The van der Waals surface area contributed by atoms with Gasteiger partial charge in [0.2, 0.25) is 0 Å². The summed E-state index contributed by atoms with van der Waals surface area (Å²) < 4.78 is 0. The molecule has 2 aromatic carbocycles. The number of hydrazone groups is 1. The average molecular weight is 333 g/mol. The Balaban J connectivity index is 1.83. The van der Waals surface area contributed by atoms with Crippen LogP contribution >= 0.6 is 0 Å². The van der Waals surface area contributed by atoms with Crippen LogP contribution in [0.5, 0.6) is 0 Å². The predicted octanol–water partition coefficient (Wildman–Crippen LogP) is 5.43. The van der Waals surface area contributed by atoms with Crippen LogP contribution in [0.25, 0.3) is 0 Å². The minimum Gasteiger partial charge on any atom is -0.307 e. The molecule has 0 amide bonds. The highest BCUT2D eigenvalue weighted by molar-refractivity contribution is 5.87. The Morgan fingerprint density at radius 1 is 0.960 bits per heavy atom. The molecule has 3 nitrogen and oxygen atoms in total. The molecule has 2 aliphatic heterocycles. The lowest BCUT2D eigenvalue weighted by atomic mass is 9.69. The maximum atomic E-state index is 4.84. The van der Waals surface area contributed by atoms with E-state index in [0.717, 1.165) is 6.42 Å². The minimum atomic E-state index is 0.226. The third-order valence-corrected chi connectivity index (χ3v) is 5.67. The molecule has 3 heteroatoms. The van der Waals surface area contributed by atoms with E-state index in [1.54, 1.807) is 0 Å². The molecule has 0 N–H and O–H groups in total. The van der Waals surface area contributed by atoms with Gasteiger partial charge >= 0.3 is 0 Å². The first-order valence-electron chi connectivity index (χ1n) is 9.54. The smallest absolute Gasteiger partial charge is 0.134 e. The van der Waals surface area contributed by atoms with Crippen LogP contribution in [0.3, 0.4) is 0 Å². The number of hydrogen-bond acceptors (Lipinski definition) is 3. The molecule has 0 aromatic heterocycles. The predicted molar refractivity (Wildman–Crippen MR) is 106 cm³/mol. The molecule has 0 bridgehead atoms. The molecule has 0 saturated carbocycles. The van der Waals surface area contributed by atoms with Crippen molar-refractivity contribution in [3.05, 3.63) is 60.2 Å². The van der Waals surface area contributed by atoms with Gasteiger partial charge in [-0.1, -0.05) is 63.1 Å². The van der Waals surface area contributed by atoms with Gasteiger partial charge in [-0.25, -0.2) is 5.01 Å². The van der Waals surface area contributed by atoms with Crippen molar-refractivity contribution in [1.82, 2.24) is 0 Å². The monoisotopic (exact) mass is 333 g/mol. The third kappa shape index (κ3) is 2.62. The number of benzene rings is 2. The van der Waals surface area contributed by atoms with Gasteiger partial charge in [0.1, 0.15) is 12.5 Å². The lowest BCUT2D eigenvalue weighted by molar-refractivity contribution is 0.172. The fourth-order valence-electron chi connectivity index (χ4n) is 4.83. The molecule has 1 unspecified atom stereocenters. The summed E-state index contributed by atoms with van der Waals surface area (Å²) in [4.78, 5) is 2.41. The van der Waals surface area contributed by atoms with Gasteiger partial charge in [0.05, 0.1) is 5.69 Å². The van der Waals surface area contributed by atoms with Crippen molar-refractivity contribution >= 4 is 17.7 Å². The van der Waals surface area contributed by atoms with Gasteiger partial charge in [-0.05, 0) is 43.0 Å². The van der Waals surface area contributed by atoms with Gasteiger partial charge in [-0.3, -0.25) is 0 Å². The number of nitrogens with zero attached hydrogens (tertiary/aromatic N) is 3. The average Bonchev–Trinajstić information content (AvgIpc) is 3.09. The van der Waals surface area contributed by atoms with Gasteiger partial charge in [0.15, 0.2) is 0 Å². The van der Waals surface area contributed by atoms with Crippen LogP contribution in [0.4, 0.5) is 11.4 Å². The Bertz CT molecular complexity index is 747. The van der Waals surface area contributed by atoms with E-state index >= 15 is 0 Å². The lowest BCUT2D eigenvalue weighted by Crippen LogP contribution is -2.56. The van der Waals surface area contributed by atoms with E-state index in [2.05, 4.69) is 78.4 Å². The molecule has 1 atom stereocenters. The minimum absolute atomic E-state index is 0.226. The van der Waals surface area contributed by atoms with Crippen LogP contribution in [0.2, 0.25) is 0 Å². The Labute approximate surface area is 151 Å².